The van der Waals surface area contributed by atoms with Crippen LogP contribution in [0, 0.1) is 13.8 Å². The minimum absolute atomic E-state index is 0. The van der Waals surface area contributed by atoms with Crippen molar-refractivity contribution < 1.29 is 11.3 Å². The maximum Gasteiger partial charge on any atom is 0.255 e. The van der Waals surface area contributed by atoms with Crippen LogP contribution in [-0.4, -0.2) is 80.5 Å². The molecule has 7 heteroatoms. The summed E-state index contributed by atoms with van der Waals surface area (Å²) in [5.41, 5.74) is 6.93. The minimum atomic E-state index is -0.00648. The summed E-state index contributed by atoms with van der Waals surface area (Å²) >= 11 is 0. The van der Waals surface area contributed by atoms with Crippen molar-refractivity contribution in [2.75, 3.05) is 52.7 Å². The summed E-state index contributed by atoms with van der Waals surface area (Å²) in [4.78, 5) is 21.4. The Hall–Kier alpha value is -3.00. The molecule has 2 aliphatic heterocycles. The van der Waals surface area contributed by atoms with E-state index in [4.69, 9.17) is 5.11 Å². The molecule has 1 aromatic carbocycles. The first-order chi connectivity index (χ1) is 21.6. The molecule has 1 fully saturated rings. The molecular formula is C38H71N5O2. The Morgan fingerprint density at radius 3 is 2.07 bits per heavy atom. The summed E-state index contributed by atoms with van der Waals surface area (Å²) in [7, 11) is 4.90. The van der Waals surface area contributed by atoms with E-state index in [0.717, 1.165) is 48.3 Å². The number of benzene rings is 1. The van der Waals surface area contributed by atoms with Gasteiger partial charge in [0.1, 0.15) is 0 Å². The Bertz CT molecular complexity index is 1070. The lowest BCUT2D eigenvalue weighted by atomic mass is 10.0. The van der Waals surface area contributed by atoms with Gasteiger partial charge in [-0.3, -0.25) is 9.79 Å². The number of carbonyl (C=O) groups is 1. The van der Waals surface area contributed by atoms with Gasteiger partial charge in [-0.2, -0.15) is 0 Å². The molecule has 7 nitrogen and oxygen atoms in total. The van der Waals surface area contributed by atoms with Crippen molar-refractivity contribution in [2.24, 2.45) is 4.99 Å². The smallest absolute Gasteiger partial charge is 0.255 e. The van der Waals surface area contributed by atoms with Gasteiger partial charge in [0, 0.05) is 71.1 Å². The second-order valence-electron chi connectivity index (χ2n) is 10.3. The lowest BCUT2D eigenvalue weighted by Crippen LogP contribution is -2.40. The number of piperazine rings is 1. The molecule has 0 saturated carbocycles. The number of nitrogens with zero attached hydrogens (tertiary/aromatic N) is 3. The Morgan fingerprint density at radius 2 is 1.64 bits per heavy atom. The molecular weight excluding hydrogens is 558 g/mol. The quantitative estimate of drug-likeness (QED) is 0.217. The third-order valence-electron chi connectivity index (χ3n) is 6.85. The van der Waals surface area contributed by atoms with Gasteiger partial charge in [0.2, 0.25) is 0 Å². The molecule has 2 heterocycles. The summed E-state index contributed by atoms with van der Waals surface area (Å²) < 4.78 is 0. The number of allylic oxidation sites excluding steroid dienone is 5. The number of likely N-dealkylation sites (N-methyl/N-ethyl adjacent to an activating group) is 1. The van der Waals surface area contributed by atoms with E-state index in [0.29, 0.717) is 5.57 Å². The second-order valence-corrected chi connectivity index (χ2v) is 10.3. The molecule has 2 aliphatic rings. The number of carbonyl (C=O) groups excluding carboxylic acids is 1. The molecule has 0 bridgehead atoms. The lowest BCUT2D eigenvalue weighted by molar-refractivity contribution is -0.125. The van der Waals surface area contributed by atoms with Gasteiger partial charge in [-0.05, 0) is 71.4 Å². The Morgan fingerprint density at radius 1 is 1.09 bits per heavy atom. The fraction of sp³-hybridized carbons (Fsp3) is 0.579. The van der Waals surface area contributed by atoms with Crippen LogP contribution in [-0.2, 0) is 4.79 Å². The highest BCUT2D eigenvalue weighted by Gasteiger charge is 2.23. The van der Waals surface area contributed by atoms with E-state index < -0.39 is 0 Å². The van der Waals surface area contributed by atoms with Gasteiger partial charge in [-0.25, -0.2) is 0 Å². The van der Waals surface area contributed by atoms with Crippen molar-refractivity contribution in [3.63, 3.8) is 0 Å². The number of anilines is 1. The molecule has 3 rings (SSSR count). The van der Waals surface area contributed by atoms with Crippen LogP contribution in [0.15, 0.2) is 70.0 Å². The van der Waals surface area contributed by atoms with Crippen LogP contribution in [0.2, 0.25) is 0 Å². The number of aliphatic imine (C=N–C) groups is 1. The zero-order valence-electron chi connectivity index (χ0n) is 31.6. The molecule has 1 atom stereocenters. The van der Waals surface area contributed by atoms with Gasteiger partial charge in [-0.15, -0.1) is 0 Å². The van der Waals surface area contributed by atoms with E-state index in [-0.39, 0.29) is 13.4 Å². The SMILES string of the molecule is C/C=C(\C=NC)C1=CN(C(=O)/C(C)=C(\C)Nc2ccc(C)cc2C)C(C)C=C1.CC.CC.CCCC.CN1CCNCC1.CO.[HH]. The highest BCUT2D eigenvalue weighted by molar-refractivity contribution is 5.96. The van der Waals surface area contributed by atoms with Crippen LogP contribution >= 0.6 is 0 Å². The van der Waals surface area contributed by atoms with E-state index in [9.17, 15) is 4.79 Å². The van der Waals surface area contributed by atoms with Gasteiger partial charge in [-0.1, -0.05) is 90.3 Å². The maximum atomic E-state index is 13.2. The monoisotopic (exact) mass is 630 g/mol. The molecule has 1 unspecified atom stereocenters. The third-order valence-corrected chi connectivity index (χ3v) is 6.85. The van der Waals surface area contributed by atoms with E-state index in [1.54, 1.807) is 11.9 Å². The average molecular weight is 630 g/mol. The van der Waals surface area contributed by atoms with Crippen molar-refractivity contribution in [2.45, 2.75) is 102 Å². The molecule has 0 spiro atoms. The van der Waals surface area contributed by atoms with Crippen LogP contribution in [0.4, 0.5) is 5.69 Å². The van der Waals surface area contributed by atoms with Gasteiger partial charge >= 0.3 is 0 Å². The van der Waals surface area contributed by atoms with Crippen molar-refractivity contribution in [1.29, 1.82) is 0 Å². The number of aryl methyl sites for hydroxylation is 2. The lowest BCUT2D eigenvalue weighted by Gasteiger charge is -2.29. The molecule has 1 aromatic rings. The first kappa shape index (κ1) is 46.4. The zero-order valence-corrected chi connectivity index (χ0v) is 31.6. The Kier molecular flexibility index (Phi) is 30.6. The molecule has 3 N–H and O–H groups in total. The molecule has 45 heavy (non-hydrogen) atoms. The van der Waals surface area contributed by atoms with E-state index in [1.165, 1.54) is 31.5 Å². The Balaban J connectivity index is -0.000000405. The second kappa shape index (κ2) is 29.7. The third kappa shape index (κ3) is 19.2. The number of unbranched alkanes of at least 4 members (excludes halogenated alkanes) is 1. The topological polar surface area (TPSA) is 80.2 Å². The number of nitrogens with one attached hydrogen (secondary N) is 2. The standard InChI is InChI=1S/C24H31N3O.C5H12N2.C4H10.2C2H6.CH4O.H2/c1-8-21(14-25-7)22-11-10-18(4)27(15-22)24(28)19(5)20(6)26-23-12-9-16(2)13-17(23)3;1-7-4-2-6-3-5-7;1-3-4-2;3*1-2;/h8-15,18,26H,1-7H3;6H,2-5H2,1H3;3-4H2,1-2H3;2*1-2H3;2H,1H3;1H/b20-19+,21-8+,25-14?;;;;;;. The van der Waals surface area contributed by atoms with Crippen LogP contribution in [0.3, 0.4) is 0 Å². The van der Waals surface area contributed by atoms with Crippen molar-refractivity contribution in [3.8, 4) is 0 Å². The molecule has 1 amide bonds. The van der Waals surface area contributed by atoms with Crippen molar-refractivity contribution in [3.05, 3.63) is 76.2 Å². The fourth-order valence-corrected chi connectivity index (χ4v) is 3.90. The van der Waals surface area contributed by atoms with Crippen molar-refractivity contribution in [1.82, 2.24) is 15.1 Å². The molecule has 260 valence electrons. The van der Waals surface area contributed by atoms with Crippen molar-refractivity contribution >= 4 is 17.8 Å². The van der Waals surface area contributed by atoms with Gasteiger partial charge < -0.3 is 25.5 Å². The number of amides is 1. The number of hydrogen-bond acceptors (Lipinski definition) is 6. The Labute approximate surface area is 279 Å². The first-order valence-electron chi connectivity index (χ1n) is 16.8. The highest BCUT2D eigenvalue weighted by atomic mass is 16.2. The molecule has 0 aliphatic carbocycles. The van der Waals surface area contributed by atoms with E-state index in [1.807, 2.05) is 86.0 Å². The summed E-state index contributed by atoms with van der Waals surface area (Å²) in [6, 6.07) is 6.25. The van der Waals surface area contributed by atoms with Crippen LogP contribution in [0.1, 0.15) is 94.6 Å². The van der Waals surface area contributed by atoms with Gasteiger partial charge in [0.15, 0.2) is 0 Å². The van der Waals surface area contributed by atoms with Crippen LogP contribution in [0.5, 0.6) is 0 Å². The van der Waals surface area contributed by atoms with Gasteiger partial charge in [0.25, 0.3) is 5.91 Å². The number of aliphatic hydroxyl groups is 1. The summed E-state index contributed by atoms with van der Waals surface area (Å²) in [6.45, 7) is 29.1. The number of hydrogen-bond donors (Lipinski definition) is 3. The predicted octanol–water partition coefficient (Wildman–Crippen LogP) is 8.56. The van der Waals surface area contributed by atoms with Gasteiger partial charge in [0.05, 0.1) is 6.04 Å². The largest absolute Gasteiger partial charge is 0.400 e. The molecule has 0 radical (unpaired) electrons. The highest BCUT2D eigenvalue weighted by Crippen LogP contribution is 2.23. The fourth-order valence-electron chi connectivity index (χ4n) is 3.90. The molecule has 1 saturated heterocycles. The number of aliphatic hydroxyl groups excluding tert-OH is 1. The molecule has 0 aromatic heterocycles. The van der Waals surface area contributed by atoms with E-state index >= 15 is 0 Å². The zero-order chi connectivity index (χ0) is 35.4. The average Bonchev–Trinajstić information content (AvgIpc) is 3.08. The van der Waals surface area contributed by atoms with Crippen LogP contribution < -0.4 is 10.6 Å². The summed E-state index contributed by atoms with van der Waals surface area (Å²) in [5, 5.41) is 13.7. The van der Waals surface area contributed by atoms with Crippen LogP contribution in [0.25, 0.3) is 0 Å². The van der Waals surface area contributed by atoms with E-state index in [2.05, 4.69) is 73.5 Å². The summed E-state index contributed by atoms with van der Waals surface area (Å²) in [6.07, 6.45) is 12.4. The first-order valence-corrected chi connectivity index (χ1v) is 16.8. The summed E-state index contributed by atoms with van der Waals surface area (Å²) in [5.74, 6) is -0.00648. The maximum absolute atomic E-state index is 13.2. The number of rotatable bonds is 6. The predicted molar refractivity (Wildman–Crippen MR) is 204 cm³/mol. The normalized spacial score (nSPS) is 16.4. The minimum Gasteiger partial charge on any atom is -0.400 e.